The van der Waals surface area contributed by atoms with Crippen LogP contribution in [0.4, 0.5) is 5.69 Å². The number of fused-ring (bicyclic) bond motifs is 1. The van der Waals surface area contributed by atoms with E-state index in [0.717, 1.165) is 23.8 Å². The van der Waals surface area contributed by atoms with Gasteiger partial charge in [-0.1, -0.05) is 12.1 Å². The van der Waals surface area contributed by atoms with Gasteiger partial charge < -0.3 is 10.6 Å². The van der Waals surface area contributed by atoms with Crippen molar-refractivity contribution in [3.63, 3.8) is 0 Å². The van der Waals surface area contributed by atoms with Gasteiger partial charge in [-0.2, -0.15) is 0 Å². The molecule has 1 heterocycles. The molecule has 1 aromatic rings. The van der Waals surface area contributed by atoms with Crippen LogP contribution in [0.15, 0.2) is 18.2 Å². The molecule has 1 aliphatic carbocycles. The highest BCUT2D eigenvalue weighted by atomic mass is 16.2. The first kappa shape index (κ1) is 10.8. The van der Waals surface area contributed by atoms with Crippen molar-refractivity contribution in [2.75, 3.05) is 5.32 Å². The van der Waals surface area contributed by atoms with E-state index in [1.165, 1.54) is 18.4 Å². The van der Waals surface area contributed by atoms with Crippen molar-refractivity contribution in [3.05, 3.63) is 29.3 Å². The van der Waals surface area contributed by atoms with Gasteiger partial charge in [-0.25, -0.2) is 0 Å². The minimum absolute atomic E-state index is 0.0970. The summed E-state index contributed by atoms with van der Waals surface area (Å²) in [6.07, 6.45) is 2.60. The molecule has 2 aliphatic rings. The first-order chi connectivity index (χ1) is 8.07. The van der Waals surface area contributed by atoms with E-state index in [1.54, 1.807) is 0 Å². The van der Waals surface area contributed by atoms with E-state index < -0.39 is 5.41 Å². The van der Waals surface area contributed by atoms with Crippen LogP contribution >= 0.6 is 0 Å². The largest absolute Gasteiger partial charge is 0.325 e. The molecule has 1 fully saturated rings. The second-order valence-electron chi connectivity index (χ2n) is 5.61. The van der Waals surface area contributed by atoms with Crippen LogP contribution in [0.3, 0.4) is 0 Å². The summed E-state index contributed by atoms with van der Waals surface area (Å²) < 4.78 is 0. The average Bonchev–Trinajstić information content (AvgIpc) is 3.07. The van der Waals surface area contributed by atoms with Crippen molar-refractivity contribution in [2.24, 2.45) is 0 Å². The Kier molecular flexibility index (Phi) is 2.26. The number of hydrogen-bond donors (Lipinski definition) is 2. The van der Waals surface area contributed by atoms with Gasteiger partial charge in [0.05, 0.1) is 5.41 Å². The average molecular weight is 230 g/mol. The maximum atomic E-state index is 11.8. The predicted octanol–water partition coefficient (Wildman–Crippen LogP) is 2.17. The van der Waals surface area contributed by atoms with Crippen molar-refractivity contribution in [3.8, 4) is 0 Å². The monoisotopic (exact) mass is 230 g/mol. The molecule has 0 radical (unpaired) electrons. The Morgan fingerprint density at radius 2 is 2.18 bits per heavy atom. The van der Waals surface area contributed by atoms with E-state index in [-0.39, 0.29) is 5.91 Å². The Hall–Kier alpha value is -1.35. The van der Waals surface area contributed by atoms with Crippen molar-refractivity contribution in [2.45, 2.75) is 44.7 Å². The predicted molar refractivity (Wildman–Crippen MR) is 68.0 cm³/mol. The Morgan fingerprint density at radius 1 is 1.41 bits per heavy atom. The highest BCUT2D eigenvalue weighted by Gasteiger charge is 2.38. The van der Waals surface area contributed by atoms with E-state index in [2.05, 4.69) is 22.8 Å². The first-order valence-electron chi connectivity index (χ1n) is 6.25. The highest BCUT2D eigenvalue weighted by molar-refractivity contribution is 6.05. The molecule has 0 aromatic heterocycles. The van der Waals surface area contributed by atoms with Gasteiger partial charge in [-0.15, -0.1) is 0 Å². The molecule has 1 aromatic carbocycles. The topological polar surface area (TPSA) is 41.1 Å². The number of rotatable bonds is 3. The number of nitrogens with one attached hydrogen (secondary N) is 2. The van der Waals surface area contributed by atoms with Crippen LogP contribution in [0, 0.1) is 0 Å². The zero-order chi connectivity index (χ0) is 12.0. The number of carbonyl (C=O) groups is 1. The molecule has 0 bridgehead atoms. The van der Waals surface area contributed by atoms with Gasteiger partial charge in [0.1, 0.15) is 0 Å². The lowest BCUT2D eigenvalue weighted by Gasteiger charge is -2.16. The summed E-state index contributed by atoms with van der Waals surface area (Å²) in [6, 6.07) is 6.99. The molecule has 3 heteroatoms. The molecule has 0 spiro atoms. The third-order valence-corrected chi connectivity index (χ3v) is 3.75. The van der Waals surface area contributed by atoms with Gasteiger partial charge in [0.2, 0.25) is 5.91 Å². The van der Waals surface area contributed by atoms with Crippen LogP contribution in [-0.2, 0) is 16.8 Å². The molecule has 17 heavy (non-hydrogen) atoms. The van der Waals surface area contributed by atoms with Gasteiger partial charge >= 0.3 is 0 Å². The summed E-state index contributed by atoms with van der Waals surface area (Å²) in [5, 5.41) is 6.43. The Morgan fingerprint density at radius 3 is 2.88 bits per heavy atom. The van der Waals surface area contributed by atoms with Crippen LogP contribution in [0.1, 0.15) is 37.8 Å². The van der Waals surface area contributed by atoms with Crippen molar-refractivity contribution >= 4 is 11.6 Å². The SMILES string of the molecule is CC1(C)C(=O)Nc2ccc(CNC3CC3)cc21. The van der Waals surface area contributed by atoms with E-state index in [0.29, 0.717) is 0 Å². The lowest BCUT2D eigenvalue weighted by molar-refractivity contribution is -0.119. The zero-order valence-corrected chi connectivity index (χ0v) is 10.3. The fourth-order valence-corrected chi connectivity index (χ4v) is 2.28. The molecule has 1 aliphatic heterocycles. The standard InChI is InChI=1S/C14H18N2O/c1-14(2)11-7-9(8-15-10-4-5-10)3-6-12(11)16-13(14)17/h3,6-7,10,15H,4-5,8H2,1-2H3,(H,16,17). The molecular weight excluding hydrogens is 212 g/mol. The second-order valence-corrected chi connectivity index (χ2v) is 5.61. The second kappa shape index (κ2) is 3.57. The summed E-state index contributed by atoms with van der Waals surface area (Å²) in [4.78, 5) is 11.8. The number of benzene rings is 1. The van der Waals surface area contributed by atoms with Gasteiger partial charge in [0.15, 0.2) is 0 Å². The maximum absolute atomic E-state index is 11.8. The van der Waals surface area contributed by atoms with Crippen LogP contribution in [0.2, 0.25) is 0 Å². The fraction of sp³-hybridized carbons (Fsp3) is 0.500. The fourth-order valence-electron chi connectivity index (χ4n) is 2.28. The van der Waals surface area contributed by atoms with E-state index in [4.69, 9.17) is 0 Å². The molecule has 0 unspecified atom stereocenters. The van der Waals surface area contributed by atoms with Crippen LogP contribution in [-0.4, -0.2) is 11.9 Å². The van der Waals surface area contributed by atoms with Crippen LogP contribution in [0.5, 0.6) is 0 Å². The van der Waals surface area contributed by atoms with Gasteiger partial charge in [0.25, 0.3) is 0 Å². The summed E-state index contributed by atoms with van der Waals surface area (Å²) in [5.41, 5.74) is 2.96. The van der Waals surface area contributed by atoms with Crippen LogP contribution in [0.25, 0.3) is 0 Å². The minimum atomic E-state index is -0.398. The molecule has 2 N–H and O–H groups in total. The summed E-state index contributed by atoms with van der Waals surface area (Å²) in [6.45, 7) is 4.86. The lowest BCUT2D eigenvalue weighted by atomic mass is 9.85. The van der Waals surface area contributed by atoms with Crippen LogP contribution < -0.4 is 10.6 Å². The van der Waals surface area contributed by atoms with Crippen molar-refractivity contribution in [1.82, 2.24) is 5.32 Å². The first-order valence-corrected chi connectivity index (χ1v) is 6.25. The number of carbonyl (C=O) groups excluding carboxylic acids is 1. The molecule has 3 nitrogen and oxygen atoms in total. The molecule has 0 atom stereocenters. The Balaban J connectivity index is 1.85. The van der Waals surface area contributed by atoms with E-state index >= 15 is 0 Å². The third kappa shape index (κ3) is 1.84. The van der Waals surface area contributed by atoms with E-state index in [1.807, 2.05) is 19.9 Å². The summed E-state index contributed by atoms with van der Waals surface area (Å²) in [5.74, 6) is 0.0970. The molecule has 0 saturated heterocycles. The minimum Gasteiger partial charge on any atom is -0.325 e. The smallest absolute Gasteiger partial charge is 0.234 e. The van der Waals surface area contributed by atoms with Gasteiger partial charge in [-0.05, 0) is 43.9 Å². The third-order valence-electron chi connectivity index (χ3n) is 3.75. The maximum Gasteiger partial charge on any atom is 0.234 e. The molecule has 3 rings (SSSR count). The normalized spacial score (nSPS) is 21.2. The van der Waals surface area contributed by atoms with Gasteiger partial charge in [0, 0.05) is 18.3 Å². The van der Waals surface area contributed by atoms with Gasteiger partial charge in [-0.3, -0.25) is 4.79 Å². The summed E-state index contributed by atoms with van der Waals surface area (Å²) in [7, 11) is 0. The number of anilines is 1. The molecule has 90 valence electrons. The Bertz CT molecular complexity index is 475. The number of amides is 1. The summed E-state index contributed by atoms with van der Waals surface area (Å²) >= 11 is 0. The molecule has 1 saturated carbocycles. The van der Waals surface area contributed by atoms with E-state index in [9.17, 15) is 4.79 Å². The molecule has 1 amide bonds. The quantitative estimate of drug-likeness (QED) is 0.835. The lowest BCUT2D eigenvalue weighted by Crippen LogP contribution is -2.27. The Labute approximate surface area is 102 Å². The number of hydrogen-bond acceptors (Lipinski definition) is 2. The van der Waals surface area contributed by atoms with Crippen molar-refractivity contribution in [1.29, 1.82) is 0 Å². The van der Waals surface area contributed by atoms with Crippen molar-refractivity contribution < 1.29 is 4.79 Å². The molecular formula is C14H18N2O. The highest BCUT2D eigenvalue weighted by Crippen LogP contribution is 2.37. The zero-order valence-electron chi connectivity index (χ0n) is 10.3.